The summed E-state index contributed by atoms with van der Waals surface area (Å²) in [6.45, 7) is 1.99. The summed E-state index contributed by atoms with van der Waals surface area (Å²) in [5.41, 5.74) is 0. The second kappa shape index (κ2) is 16.9. The highest BCUT2D eigenvalue weighted by molar-refractivity contribution is 5.93. The Morgan fingerprint density at radius 2 is 1.48 bits per heavy atom. The third kappa shape index (κ3) is 16.7. The maximum atomic E-state index is 11.6. The van der Waals surface area contributed by atoms with Gasteiger partial charge in [0, 0.05) is 6.42 Å². The smallest absolute Gasteiger partial charge is 0.303 e. The second-order valence-corrected chi connectivity index (χ2v) is 5.75. The molecule has 0 saturated heterocycles. The van der Waals surface area contributed by atoms with Crippen LogP contribution in [0.15, 0.2) is 72.9 Å². The largest absolute Gasteiger partial charge is 0.481 e. The predicted octanol–water partition coefficient (Wildman–Crippen LogP) is 3.67. The van der Waals surface area contributed by atoms with E-state index in [9.17, 15) is 19.8 Å². The number of aliphatic hydroxyl groups excluding tert-OH is 2. The number of carbonyl (C=O) groups is 2. The molecule has 0 amide bonds. The Balaban J connectivity index is 4.05. The first kappa shape index (κ1) is 24.5. The van der Waals surface area contributed by atoms with Crippen molar-refractivity contribution in [3.8, 4) is 0 Å². The van der Waals surface area contributed by atoms with Crippen LogP contribution in [0, 0.1) is 0 Å². The molecule has 0 aromatic heterocycles. The fourth-order valence-electron chi connectivity index (χ4n) is 1.86. The highest BCUT2D eigenvalue weighted by Gasteiger charge is 2.08. The normalized spacial score (nSPS) is 15.2. The van der Waals surface area contributed by atoms with Gasteiger partial charge in [0.1, 0.15) is 6.10 Å². The Hall–Kier alpha value is -2.50. The van der Waals surface area contributed by atoms with Gasteiger partial charge in [0.2, 0.25) is 0 Å². The topological polar surface area (TPSA) is 94.8 Å². The van der Waals surface area contributed by atoms with Gasteiger partial charge in [-0.3, -0.25) is 9.59 Å². The quantitative estimate of drug-likeness (QED) is 0.245. The summed E-state index contributed by atoms with van der Waals surface area (Å²) in [6, 6.07) is 0. The molecule has 0 aliphatic heterocycles. The third-order valence-electron chi connectivity index (χ3n) is 3.31. The highest BCUT2D eigenvalue weighted by atomic mass is 16.4. The van der Waals surface area contributed by atoms with E-state index in [1.807, 2.05) is 13.0 Å². The number of aliphatic hydroxyl groups is 2. The Morgan fingerprint density at radius 1 is 0.852 bits per heavy atom. The van der Waals surface area contributed by atoms with E-state index in [4.69, 9.17) is 5.11 Å². The molecule has 5 nitrogen and oxygen atoms in total. The molecule has 2 atom stereocenters. The number of carbonyl (C=O) groups excluding carboxylic acids is 1. The first-order valence-corrected chi connectivity index (χ1v) is 9.07. The van der Waals surface area contributed by atoms with E-state index in [1.54, 1.807) is 60.8 Å². The van der Waals surface area contributed by atoms with Crippen molar-refractivity contribution in [3.63, 3.8) is 0 Å². The highest BCUT2D eigenvalue weighted by Crippen LogP contribution is 1.99. The molecule has 148 valence electrons. The maximum absolute atomic E-state index is 11.6. The second-order valence-electron chi connectivity index (χ2n) is 5.75. The Kier molecular flexibility index (Phi) is 15.4. The lowest BCUT2D eigenvalue weighted by Gasteiger charge is -2.01. The van der Waals surface area contributed by atoms with Gasteiger partial charge in [-0.25, -0.2) is 0 Å². The maximum Gasteiger partial charge on any atom is 0.303 e. The van der Waals surface area contributed by atoms with E-state index in [0.29, 0.717) is 19.3 Å². The molecule has 0 spiro atoms. The first-order valence-electron chi connectivity index (χ1n) is 9.07. The van der Waals surface area contributed by atoms with Crippen molar-refractivity contribution in [2.24, 2.45) is 0 Å². The van der Waals surface area contributed by atoms with Crippen LogP contribution < -0.4 is 0 Å². The SMILES string of the molecule is CC/C=C\C[C@H](O)C(=O)/C=C/C=C/C=C\C=C\[C@@H](O)C/C=C\CCC(=O)O. The number of rotatable bonds is 14. The molecule has 0 rings (SSSR count). The van der Waals surface area contributed by atoms with Crippen molar-refractivity contribution in [1.29, 1.82) is 0 Å². The molecular formula is C22H30O5. The number of ketones is 1. The van der Waals surface area contributed by atoms with Crippen molar-refractivity contribution < 1.29 is 24.9 Å². The van der Waals surface area contributed by atoms with Gasteiger partial charge in [0.15, 0.2) is 5.78 Å². The Labute approximate surface area is 161 Å². The molecule has 0 heterocycles. The fourth-order valence-corrected chi connectivity index (χ4v) is 1.86. The van der Waals surface area contributed by atoms with Crippen molar-refractivity contribution >= 4 is 11.8 Å². The molecule has 5 heteroatoms. The van der Waals surface area contributed by atoms with Crippen molar-refractivity contribution in [1.82, 2.24) is 0 Å². The van der Waals surface area contributed by atoms with Crippen molar-refractivity contribution in [2.45, 2.75) is 51.2 Å². The Bertz CT molecular complexity index is 594. The minimum absolute atomic E-state index is 0.0897. The third-order valence-corrected chi connectivity index (χ3v) is 3.31. The molecule has 3 N–H and O–H groups in total. The summed E-state index contributed by atoms with van der Waals surface area (Å²) >= 11 is 0. The summed E-state index contributed by atoms with van der Waals surface area (Å²) in [7, 11) is 0. The molecule has 0 unspecified atom stereocenters. The van der Waals surface area contributed by atoms with Gasteiger partial charge in [-0.2, -0.15) is 0 Å². The molecule has 0 bridgehead atoms. The average Bonchev–Trinajstić information content (AvgIpc) is 2.63. The summed E-state index contributed by atoms with van der Waals surface area (Å²) in [6.07, 6.45) is 20.9. The van der Waals surface area contributed by atoms with E-state index in [-0.39, 0.29) is 12.2 Å². The number of allylic oxidation sites excluding steroid dienone is 8. The van der Waals surface area contributed by atoms with E-state index in [1.165, 1.54) is 6.08 Å². The first-order chi connectivity index (χ1) is 13.0. The van der Waals surface area contributed by atoms with Crippen LogP contribution in [0.5, 0.6) is 0 Å². The number of carboxylic acids is 1. The number of aliphatic carboxylic acids is 1. The molecule has 0 aromatic rings. The predicted molar refractivity (Wildman–Crippen MR) is 108 cm³/mol. The van der Waals surface area contributed by atoms with Crippen LogP contribution in [-0.4, -0.2) is 39.3 Å². The van der Waals surface area contributed by atoms with Gasteiger partial charge >= 0.3 is 5.97 Å². The molecule has 0 saturated carbocycles. The number of carboxylic acid groups (broad SMARTS) is 1. The van der Waals surface area contributed by atoms with E-state index >= 15 is 0 Å². The van der Waals surface area contributed by atoms with Gasteiger partial charge < -0.3 is 15.3 Å². The van der Waals surface area contributed by atoms with Crippen LogP contribution in [0.4, 0.5) is 0 Å². The molecular weight excluding hydrogens is 344 g/mol. The zero-order valence-corrected chi connectivity index (χ0v) is 15.8. The lowest BCUT2D eigenvalue weighted by molar-refractivity contribution is -0.136. The zero-order chi connectivity index (χ0) is 20.3. The minimum atomic E-state index is -1.00. The summed E-state index contributed by atoms with van der Waals surface area (Å²) in [4.78, 5) is 21.9. The molecule has 27 heavy (non-hydrogen) atoms. The van der Waals surface area contributed by atoms with Crippen LogP contribution in [0.2, 0.25) is 0 Å². The van der Waals surface area contributed by atoms with Crippen LogP contribution >= 0.6 is 0 Å². The monoisotopic (exact) mass is 374 g/mol. The van der Waals surface area contributed by atoms with Crippen LogP contribution in [0.1, 0.15) is 39.0 Å². The summed E-state index contributed by atoms with van der Waals surface area (Å²) in [5, 5.41) is 27.8. The molecule has 0 aliphatic carbocycles. The van der Waals surface area contributed by atoms with E-state index < -0.39 is 18.2 Å². The van der Waals surface area contributed by atoms with Crippen molar-refractivity contribution in [2.75, 3.05) is 0 Å². The van der Waals surface area contributed by atoms with Crippen LogP contribution in [0.3, 0.4) is 0 Å². The average molecular weight is 374 g/mol. The number of hydrogen-bond donors (Lipinski definition) is 3. The lowest BCUT2D eigenvalue weighted by Crippen LogP contribution is -2.16. The fraction of sp³-hybridized carbons (Fsp3) is 0.364. The van der Waals surface area contributed by atoms with Gasteiger partial charge in [0.05, 0.1) is 6.10 Å². The van der Waals surface area contributed by atoms with E-state index in [0.717, 1.165) is 6.42 Å². The molecule has 0 radical (unpaired) electrons. The molecule has 0 aromatic carbocycles. The molecule has 0 aliphatic rings. The van der Waals surface area contributed by atoms with Crippen LogP contribution in [0.25, 0.3) is 0 Å². The standard InChI is InChI=1S/C22H30O5/c1-2-3-9-16-20(24)21(25)17-12-7-5-4-6-10-14-19(23)15-11-8-13-18-22(26)27/h3-12,14,17,19-20,23-24H,2,13,15-16,18H2,1H3,(H,26,27)/b6-4-,7-5+,9-3-,11-8-,14-10+,17-12+/t19-,20+/m1/s1. The van der Waals surface area contributed by atoms with Gasteiger partial charge in [-0.15, -0.1) is 0 Å². The summed E-state index contributed by atoms with van der Waals surface area (Å²) in [5.74, 6) is -1.17. The van der Waals surface area contributed by atoms with Gasteiger partial charge in [-0.1, -0.05) is 73.8 Å². The van der Waals surface area contributed by atoms with Crippen molar-refractivity contribution in [3.05, 3.63) is 72.9 Å². The van der Waals surface area contributed by atoms with E-state index in [2.05, 4.69) is 0 Å². The summed E-state index contributed by atoms with van der Waals surface area (Å²) < 4.78 is 0. The zero-order valence-electron chi connectivity index (χ0n) is 15.8. The Morgan fingerprint density at radius 3 is 2.15 bits per heavy atom. The van der Waals surface area contributed by atoms with Gasteiger partial charge in [0.25, 0.3) is 0 Å². The lowest BCUT2D eigenvalue weighted by atomic mass is 10.1. The molecule has 0 fully saturated rings. The minimum Gasteiger partial charge on any atom is -0.481 e. The number of hydrogen-bond acceptors (Lipinski definition) is 4. The van der Waals surface area contributed by atoms with Gasteiger partial charge in [-0.05, 0) is 31.8 Å². The van der Waals surface area contributed by atoms with Crippen LogP contribution in [-0.2, 0) is 9.59 Å².